The molecule has 1 saturated carbocycles. The summed E-state index contributed by atoms with van der Waals surface area (Å²) in [6.45, 7) is 5.92. The molecule has 0 radical (unpaired) electrons. The number of hydrogen-bond acceptors (Lipinski definition) is 4. The van der Waals surface area contributed by atoms with Crippen molar-refractivity contribution in [3.05, 3.63) is 34.6 Å². The highest BCUT2D eigenvalue weighted by Gasteiger charge is 2.27. The minimum Gasteiger partial charge on any atom is -0.352 e. The number of aromatic nitrogens is 2. The molecule has 2 atom stereocenters. The van der Waals surface area contributed by atoms with Gasteiger partial charge in [0.2, 0.25) is 5.91 Å². The first-order valence-electron chi connectivity index (χ1n) is 8.49. The number of para-hydroxylation sites is 1. The zero-order valence-corrected chi connectivity index (χ0v) is 15.1. The van der Waals surface area contributed by atoms with Gasteiger partial charge in [-0.05, 0) is 45.2 Å². The van der Waals surface area contributed by atoms with Crippen LogP contribution in [-0.2, 0) is 4.79 Å². The Morgan fingerprint density at radius 3 is 2.75 bits per heavy atom. The second-order valence-corrected chi connectivity index (χ2v) is 7.69. The van der Waals surface area contributed by atoms with E-state index in [0.29, 0.717) is 22.1 Å². The second kappa shape index (κ2) is 6.97. The molecule has 0 aliphatic heterocycles. The van der Waals surface area contributed by atoms with Crippen LogP contribution in [0.2, 0.25) is 0 Å². The second-order valence-electron chi connectivity index (χ2n) is 6.39. The highest BCUT2D eigenvalue weighted by Crippen LogP contribution is 2.27. The molecule has 1 amide bonds. The van der Waals surface area contributed by atoms with E-state index in [1.165, 1.54) is 11.8 Å². The lowest BCUT2D eigenvalue weighted by Gasteiger charge is -2.20. The van der Waals surface area contributed by atoms with Crippen LogP contribution in [0, 0.1) is 0 Å². The molecule has 128 valence electrons. The van der Waals surface area contributed by atoms with E-state index in [2.05, 4.69) is 10.3 Å². The van der Waals surface area contributed by atoms with E-state index < -0.39 is 0 Å². The molecule has 6 heteroatoms. The predicted octanol–water partition coefficient (Wildman–Crippen LogP) is 3.13. The van der Waals surface area contributed by atoms with Crippen LogP contribution in [0.25, 0.3) is 10.9 Å². The maximum absolute atomic E-state index is 12.9. The summed E-state index contributed by atoms with van der Waals surface area (Å²) < 4.78 is 1.73. The molecule has 24 heavy (non-hydrogen) atoms. The molecule has 1 N–H and O–H groups in total. The minimum atomic E-state index is -0.283. The zero-order chi connectivity index (χ0) is 17.3. The van der Waals surface area contributed by atoms with Crippen LogP contribution in [-0.4, -0.2) is 26.8 Å². The molecule has 2 aromatic rings. The van der Waals surface area contributed by atoms with Crippen molar-refractivity contribution in [2.45, 2.75) is 62.5 Å². The molecule has 0 unspecified atom stereocenters. The molecule has 3 rings (SSSR count). The lowest BCUT2D eigenvalue weighted by Crippen LogP contribution is -2.33. The first kappa shape index (κ1) is 17.0. The number of carbonyl (C=O) groups is 1. The van der Waals surface area contributed by atoms with E-state index in [0.717, 1.165) is 19.3 Å². The zero-order valence-electron chi connectivity index (χ0n) is 14.3. The summed E-state index contributed by atoms with van der Waals surface area (Å²) in [5.74, 6) is 0.0145. The molecule has 1 heterocycles. The molecule has 1 aliphatic carbocycles. The Balaban J connectivity index is 1.98. The van der Waals surface area contributed by atoms with Gasteiger partial charge in [0, 0.05) is 12.1 Å². The average molecular weight is 345 g/mol. The van der Waals surface area contributed by atoms with Crippen LogP contribution in [0.3, 0.4) is 0 Å². The Morgan fingerprint density at radius 2 is 2.08 bits per heavy atom. The van der Waals surface area contributed by atoms with E-state index in [-0.39, 0.29) is 22.8 Å². The first-order chi connectivity index (χ1) is 11.5. The van der Waals surface area contributed by atoms with Crippen molar-refractivity contribution in [3.8, 4) is 0 Å². The molecular formula is C18H23N3O2S. The molecule has 0 spiro atoms. The standard InChI is InChI=1S/C18H23N3O2S/c1-4-11(2)21-17(23)14-7-5-6-8-15(14)20-18(21)24-12(3)16(22)19-13-9-10-13/h5-8,11-13H,4,9-10H2,1-3H3,(H,19,22)/t11-,12-/m1/s1. The lowest BCUT2D eigenvalue weighted by molar-refractivity contribution is -0.120. The van der Waals surface area contributed by atoms with Gasteiger partial charge in [0.15, 0.2) is 5.16 Å². The number of thioether (sulfide) groups is 1. The van der Waals surface area contributed by atoms with Crippen molar-refractivity contribution < 1.29 is 4.79 Å². The molecular weight excluding hydrogens is 322 g/mol. The Labute approximate surface area is 145 Å². The van der Waals surface area contributed by atoms with Gasteiger partial charge in [-0.2, -0.15) is 0 Å². The van der Waals surface area contributed by atoms with Crippen molar-refractivity contribution in [2.24, 2.45) is 0 Å². The van der Waals surface area contributed by atoms with Crippen molar-refractivity contribution in [1.82, 2.24) is 14.9 Å². The third-order valence-corrected chi connectivity index (χ3v) is 5.45. The third kappa shape index (κ3) is 3.48. The third-order valence-electron chi connectivity index (χ3n) is 4.38. The van der Waals surface area contributed by atoms with Gasteiger partial charge in [0.05, 0.1) is 16.2 Å². The van der Waals surface area contributed by atoms with Crippen LogP contribution in [0.15, 0.2) is 34.2 Å². The number of benzene rings is 1. The predicted molar refractivity (Wildman–Crippen MR) is 97.5 cm³/mol. The number of rotatable bonds is 6. The van der Waals surface area contributed by atoms with Crippen LogP contribution in [0.1, 0.15) is 46.1 Å². The number of nitrogens with zero attached hydrogens (tertiary/aromatic N) is 2. The molecule has 0 saturated heterocycles. The van der Waals surface area contributed by atoms with E-state index >= 15 is 0 Å². The van der Waals surface area contributed by atoms with E-state index in [9.17, 15) is 9.59 Å². The Bertz CT molecular complexity index is 814. The molecule has 5 nitrogen and oxygen atoms in total. The minimum absolute atomic E-state index is 0.0145. The fraction of sp³-hybridized carbons (Fsp3) is 0.500. The highest BCUT2D eigenvalue weighted by atomic mass is 32.2. The van der Waals surface area contributed by atoms with Gasteiger partial charge in [-0.1, -0.05) is 30.8 Å². The molecule has 1 aromatic carbocycles. The normalized spacial score (nSPS) is 16.8. The lowest BCUT2D eigenvalue weighted by atomic mass is 10.2. The Hall–Kier alpha value is -1.82. The molecule has 1 aromatic heterocycles. The van der Waals surface area contributed by atoms with Gasteiger partial charge in [0.25, 0.3) is 5.56 Å². The maximum Gasteiger partial charge on any atom is 0.262 e. The van der Waals surface area contributed by atoms with Crippen LogP contribution in [0.4, 0.5) is 0 Å². The fourth-order valence-corrected chi connectivity index (χ4v) is 3.56. The van der Waals surface area contributed by atoms with E-state index in [4.69, 9.17) is 0 Å². The Kier molecular flexibility index (Phi) is 4.94. The summed E-state index contributed by atoms with van der Waals surface area (Å²) in [5, 5.41) is 3.97. The summed E-state index contributed by atoms with van der Waals surface area (Å²) in [6.07, 6.45) is 2.96. The van der Waals surface area contributed by atoms with Gasteiger partial charge in [-0.25, -0.2) is 4.98 Å². The monoisotopic (exact) mass is 345 g/mol. The Morgan fingerprint density at radius 1 is 1.38 bits per heavy atom. The maximum atomic E-state index is 12.9. The van der Waals surface area contributed by atoms with Gasteiger partial charge in [0.1, 0.15) is 0 Å². The van der Waals surface area contributed by atoms with E-state index in [1.807, 2.05) is 39.0 Å². The van der Waals surface area contributed by atoms with E-state index in [1.54, 1.807) is 10.6 Å². The number of carbonyl (C=O) groups excluding carboxylic acids is 1. The van der Waals surface area contributed by atoms with Crippen molar-refractivity contribution in [1.29, 1.82) is 0 Å². The summed E-state index contributed by atoms with van der Waals surface area (Å²) in [4.78, 5) is 29.8. The summed E-state index contributed by atoms with van der Waals surface area (Å²) in [5.41, 5.74) is 0.645. The smallest absolute Gasteiger partial charge is 0.262 e. The average Bonchev–Trinajstić information content (AvgIpc) is 3.38. The fourth-order valence-electron chi connectivity index (χ4n) is 2.54. The highest BCUT2D eigenvalue weighted by molar-refractivity contribution is 8.00. The quantitative estimate of drug-likeness (QED) is 0.645. The van der Waals surface area contributed by atoms with Crippen LogP contribution < -0.4 is 10.9 Å². The molecule has 1 fully saturated rings. The summed E-state index contributed by atoms with van der Waals surface area (Å²) in [6, 6.07) is 7.75. The first-order valence-corrected chi connectivity index (χ1v) is 9.37. The largest absolute Gasteiger partial charge is 0.352 e. The number of amides is 1. The van der Waals surface area contributed by atoms with Crippen LogP contribution >= 0.6 is 11.8 Å². The van der Waals surface area contributed by atoms with Crippen molar-refractivity contribution in [3.63, 3.8) is 0 Å². The van der Waals surface area contributed by atoms with Gasteiger partial charge in [-0.3, -0.25) is 14.2 Å². The van der Waals surface area contributed by atoms with Gasteiger partial charge >= 0.3 is 0 Å². The number of nitrogens with one attached hydrogen (secondary N) is 1. The summed E-state index contributed by atoms with van der Waals surface area (Å²) in [7, 11) is 0. The molecule has 1 aliphatic rings. The van der Waals surface area contributed by atoms with Crippen molar-refractivity contribution in [2.75, 3.05) is 0 Å². The molecule has 0 bridgehead atoms. The van der Waals surface area contributed by atoms with Gasteiger partial charge < -0.3 is 5.32 Å². The van der Waals surface area contributed by atoms with Crippen molar-refractivity contribution >= 4 is 28.6 Å². The van der Waals surface area contributed by atoms with Gasteiger partial charge in [-0.15, -0.1) is 0 Å². The van der Waals surface area contributed by atoms with Crippen LogP contribution in [0.5, 0.6) is 0 Å². The topological polar surface area (TPSA) is 64.0 Å². The number of hydrogen-bond donors (Lipinski definition) is 1. The number of fused-ring (bicyclic) bond motifs is 1. The summed E-state index contributed by atoms with van der Waals surface area (Å²) >= 11 is 1.36. The SMILES string of the molecule is CC[C@@H](C)n1c(S[C@H](C)C(=O)NC2CC2)nc2ccccc2c1=O.